The number of ether oxygens (including phenoxy) is 1. The van der Waals surface area contributed by atoms with Crippen molar-refractivity contribution >= 4 is 23.2 Å². The number of fused-ring (bicyclic) bond motifs is 1. The van der Waals surface area contributed by atoms with Crippen LogP contribution in [-0.4, -0.2) is 39.5 Å². The fourth-order valence-electron chi connectivity index (χ4n) is 4.24. The van der Waals surface area contributed by atoms with Crippen molar-refractivity contribution in [2.45, 2.75) is 49.4 Å². The van der Waals surface area contributed by atoms with Gasteiger partial charge in [0, 0.05) is 29.0 Å². The highest BCUT2D eigenvalue weighted by Crippen LogP contribution is 2.43. The summed E-state index contributed by atoms with van der Waals surface area (Å²) < 4.78 is 34.1. The van der Waals surface area contributed by atoms with Gasteiger partial charge in [-0.1, -0.05) is 17.7 Å². The Morgan fingerprint density at radius 2 is 1.90 bits per heavy atom. The third-order valence-corrected chi connectivity index (χ3v) is 6.35. The molecule has 4 rings (SSSR count). The molecule has 1 aliphatic carbocycles. The van der Waals surface area contributed by atoms with Crippen molar-refractivity contribution in [1.82, 2.24) is 0 Å². The van der Waals surface area contributed by atoms with Crippen LogP contribution in [0.2, 0.25) is 5.02 Å². The van der Waals surface area contributed by atoms with Gasteiger partial charge in [0.25, 0.3) is 0 Å². The summed E-state index contributed by atoms with van der Waals surface area (Å²) in [6, 6.07) is 6.46. The van der Waals surface area contributed by atoms with Gasteiger partial charge >= 0.3 is 0 Å². The number of rotatable bonds is 4. The zero-order valence-electron chi connectivity index (χ0n) is 16.5. The number of hydrogen-bond donors (Lipinski definition) is 4. The number of halogens is 3. The van der Waals surface area contributed by atoms with Crippen LogP contribution in [0.3, 0.4) is 0 Å². The largest absolute Gasteiger partial charge is 0.490 e. The van der Waals surface area contributed by atoms with Crippen LogP contribution in [0.15, 0.2) is 30.3 Å². The Kier molecular flexibility index (Phi) is 5.68. The van der Waals surface area contributed by atoms with E-state index >= 15 is 0 Å². The zero-order chi connectivity index (χ0) is 22.4. The second-order valence-corrected chi connectivity index (χ2v) is 8.65. The molecule has 0 saturated heterocycles. The van der Waals surface area contributed by atoms with Gasteiger partial charge in [-0.2, -0.15) is 0 Å². The van der Waals surface area contributed by atoms with Crippen molar-refractivity contribution in [3.05, 3.63) is 58.1 Å². The van der Waals surface area contributed by atoms with E-state index in [1.165, 1.54) is 18.2 Å². The predicted octanol–water partition coefficient (Wildman–Crippen LogP) is 3.05. The number of hydrogen-bond acceptors (Lipinski definition) is 5. The van der Waals surface area contributed by atoms with Gasteiger partial charge in [0.1, 0.15) is 29.6 Å². The van der Waals surface area contributed by atoms with Crippen molar-refractivity contribution in [2.24, 2.45) is 0 Å². The van der Waals surface area contributed by atoms with Crippen LogP contribution in [-0.2, 0) is 16.8 Å². The summed E-state index contributed by atoms with van der Waals surface area (Å²) in [6.07, 6.45) is -1.32. The Balaban J connectivity index is 1.50. The molecule has 1 fully saturated rings. The van der Waals surface area contributed by atoms with E-state index in [9.17, 15) is 28.9 Å². The van der Waals surface area contributed by atoms with E-state index in [-0.39, 0.29) is 60.9 Å². The van der Waals surface area contributed by atoms with E-state index < -0.39 is 28.9 Å². The zero-order valence-corrected chi connectivity index (χ0v) is 17.3. The number of carbonyl (C=O) groups excluding carboxylic acids is 1. The minimum atomic E-state index is -1.70. The molecule has 31 heavy (non-hydrogen) atoms. The van der Waals surface area contributed by atoms with Gasteiger partial charge < -0.3 is 25.4 Å². The van der Waals surface area contributed by atoms with Gasteiger partial charge in [0.2, 0.25) is 5.91 Å². The summed E-state index contributed by atoms with van der Waals surface area (Å²) in [6.45, 7) is -0.320. The van der Waals surface area contributed by atoms with Crippen molar-refractivity contribution in [1.29, 1.82) is 0 Å². The van der Waals surface area contributed by atoms with Crippen LogP contribution in [0.5, 0.6) is 5.75 Å². The third-order valence-electron chi connectivity index (χ3n) is 6.12. The molecule has 9 heteroatoms. The number of anilines is 1. The molecule has 2 aromatic rings. The lowest BCUT2D eigenvalue weighted by atomic mass is 9.71. The first-order chi connectivity index (χ1) is 14.6. The lowest BCUT2D eigenvalue weighted by molar-refractivity contribution is -0.172. The molecule has 3 atom stereocenters. The molecule has 1 aliphatic heterocycles. The Labute approximate surface area is 182 Å². The Morgan fingerprint density at radius 1 is 1.13 bits per heavy atom. The number of nitrogens with one attached hydrogen (secondary N) is 1. The smallest absolute Gasteiger partial charge is 0.224 e. The van der Waals surface area contributed by atoms with Crippen LogP contribution >= 0.6 is 11.6 Å². The second-order valence-electron chi connectivity index (χ2n) is 8.22. The van der Waals surface area contributed by atoms with E-state index in [1.54, 1.807) is 0 Å². The monoisotopic (exact) mass is 453 g/mol. The van der Waals surface area contributed by atoms with Gasteiger partial charge in [-0.15, -0.1) is 0 Å². The third kappa shape index (κ3) is 4.13. The Morgan fingerprint density at radius 3 is 2.61 bits per heavy atom. The number of benzene rings is 2. The normalized spacial score (nSPS) is 28.1. The van der Waals surface area contributed by atoms with Crippen LogP contribution < -0.4 is 10.1 Å². The molecule has 1 saturated carbocycles. The maximum Gasteiger partial charge on any atom is 0.224 e. The predicted molar refractivity (Wildman–Crippen MR) is 109 cm³/mol. The lowest BCUT2D eigenvalue weighted by Crippen LogP contribution is -2.55. The SMILES string of the molecule is O=C1CCc2c(OC[C@]3(O)CC[C@](O)(c4ccc(Cl)cc4F)C[C@H]3O)ccc(F)c2N1. The average molecular weight is 454 g/mol. The van der Waals surface area contributed by atoms with Crippen LogP contribution in [0.25, 0.3) is 0 Å². The molecule has 1 heterocycles. The van der Waals surface area contributed by atoms with Crippen molar-refractivity contribution < 1.29 is 33.6 Å². The fraction of sp³-hybridized carbons (Fsp3) is 0.409. The van der Waals surface area contributed by atoms with E-state index in [2.05, 4.69) is 5.32 Å². The highest BCUT2D eigenvalue weighted by Gasteiger charge is 2.49. The molecule has 2 aliphatic rings. The first-order valence-electron chi connectivity index (χ1n) is 9.94. The maximum absolute atomic E-state index is 14.3. The summed E-state index contributed by atoms with van der Waals surface area (Å²) in [7, 11) is 0. The second kappa shape index (κ2) is 8.02. The summed E-state index contributed by atoms with van der Waals surface area (Å²) in [5, 5.41) is 35.2. The first-order valence-corrected chi connectivity index (χ1v) is 10.3. The minimum Gasteiger partial charge on any atom is -0.490 e. The number of amides is 1. The van der Waals surface area contributed by atoms with E-state index in [0.717, 1.165) is 12.1 Å². The molecule has 4 N–H and O–H groups in total. The van der Waals surface area contributed by atoms with Gasteiger partial charge in [-0.25, -0.2) is 8.78 Å². The highest BCUT2D eigenvalue weighted by molar-refractivity contribution is 6.30. The quantitative estimate of drug-likeness (QED) is 0.570. The average Bonchev–Trinajstić information content (AvgIpc) is 2.71. The summed E-state index contributed by atoms with van der Waals surface area (Å²) in [5.41, 5.74) is -2.83. The van der Waals surface area contributed by atoms with Gasteiger partial charge in [0.15, 0.2) is 0 Å². The number of carbonyl (C=O) groups is 1. The molecule has 6 nitrogen and oxygen atoms in total. The topological polar surface area (TPSA) is 99.0 Å². The van der Waals surface area contributed by atoms with Crippen LogP contribution in [0, 0.1) is 11.6 Å². The van der Waals surface area contributed by atoms with E-state index in [1.807, 2.05) is 0 Å². The first kappa shape index (κ1) is 22.0. The van der Waals surface area contributed by atoms with Crippen molar-refractivity contribution in [3.63, 3.8) is 0 Å². The molecule has 0 spiro atoms. The van der Waals surface area contributed by atoms with Crippen LogP contribution in [0.4, 0.5) is 14.5 Å². The van der Waals surface area contributed by atoms with Crippen LogP contribution in [0.1, 0.15) is 36.8 Å². The summed E-state index contributed by atoms with van der Waals surface area (Å²) in [4.78, 5) is 11.6. The van der Waals surface area contributed by atoms with Gasteiger partial charge in [0.05, 0.1) is 17.4 Å². The van der Waals surface area contributed by atoms with Gasteiger partial charge in [-0.3, -0.25) is 4.79 Å². The molecule has 0 unspecified atom stereocenters. The molecule has 0 radical (unpaired) electrons. The van der Waals surface area contributed by atoms with E-state index in [4.69, 9.17) is 16.3 Å². The Bertz CT molecular complexity index is 1040. The van der Waals surface area contributed by atoms with Gasteiger partial charge in [-0.05, 0) is 43.5 Å². The summed E-state index contributed by atoms with van der Waals surface area (Å²) in [5.74, 6) is -1.27. The standard InChI is InChI=1S/C22H22ClF2NO5/c23-12-1-3-14(16(25)9-12)21(29)7-8-22(30,18(27)10-21)11-31-17-5-4-15(24)20-13(17)2-6-19(28)26-20/h1,3-5,9,18,27,29-30H,2,6-8,10-11H2,(H,26,28)/t18-,21-,22-/m1/s1. The lowest BCUT2D eigenvalue weighted by Gasteiger charge is -2.44. The molecular formula is C22H22ClF2NO5. The minimum absolute atomic E-state index is 0.00210. The highest BCUT2D eigenvalue weighted by atomic mass is 35.5. The molecule has 0 bridgehead atoms. The molecule has 1 amide bonds. The molecule has 0 aromatic heterocycles. The number of aliphatic hydroxyl groups excluding tert-OH is 1. The maximum atomic E-state index is 14.3. The number of aliphatic hydroxyl groups is 3. The van der Waals surface area contributed by atoms with Crippen molar-refractivity contribution in [3.8, 4) is 5.75 Å². The molecule has 166 valence electrons. The van der Waals surface area contributed by atoms with Crippen molar-refractivity contribution in [2.75, 3.05) is 11.9 Å². The molecular weight excluding hydrogens is 432 g/mol. The fourth-order valence-corrected chi connectivity index (χ4v) is 4.40. The van der Waals surface area contributed by atoms with E-state index in [0.29, 0.717) is 11.3 Å². The molecule has 2 aromatic carbocycles. The Hall–Kier alpha value is -2.26. The summed E-state index contributed by atoms with van der Waals surface area (Å²) >= 11 is 5.77.